The van der Waals surface area contributed by atoms with Gasteiger partial charge in [0.15, 0.2) is 0 Å². The van der Waals surface area contributed by atoms with Crippen molar-refractivity contribution in [2.45, 2.75) is 46.2 Å². The van der Waals surface area contributed by atoms with Gasteiger partial charge in [-0.1, -0.05) is 38.1 Å². The SMILES string of the molecule is CC1CC(C)CN(Cc2ccc(CNC(=O)C3CCNCC3)cc2)C1.Cl. The molecule has 4 nitrogen and oxygen atoms in total. The van der Waals surface area contributed by atoms with E-state index in [0.717, 1.165) is 44.3 Å². The van der Waals surface area contributed by atoms with Gasteiger partial charge in [0.25, 0.3) is 0 Å². The maximum atomic E-state index is 12.2. The summed E-state index contributed by atoms with van der Waals surface area (Å²) in [6, 6.07) is 8.76. The normalized spacial score (nSPS) is 24.7. The molecule has 2 saturated heterocycles. The van der Waals surface area contributed by atoms with Crippen molar-refractivity contribution in [1.29, 1.82) is 0 Å². The quantitative estimate of drug-likeness (QED) is 0.825. The Balaban J connectivity index is 0.00000243. The molecule has 2 atom stereocenters. The van der Waals surface area contributed by atoms with Crippen molar-refractivity contribution < 1.29 is 4.79 Å². The van der Waals surface area contributed by atoms with Gasteiger partial charge in [-0.15, -0.1) is 12.4 Å². The van der Waals surface area contributed by atoms with Crippen molar-refractivity contribution in [2.75, 3.05) is 26.2 Å². The lowest BCUT2D eigenvalue weighted by molar-refractivity contribution is -0.125. The highest BCUT2D eigenvalue weighted by Crippen LogP contribution is 2.22. The van der Waals surface area contributed by atoms with Gasteiger partial charge in [-0.2, -0.15) is 0 Å². The average Bonchev–Trinajstić information content (AvgIpc) is 2.61. The number of carbonyl (C=O) groups excluding carboxylic acids is 1. The minimum atomic E-state index is 0. The zero-order chi connectivity index (χ0) is 17.6. The van der Waals surface area contributed by atoms with E-state index in [4.69, 9.17) is 0 Å². The van der Waals surface area contributed by atoms with Crippen LogP contribution in [0.4, 0.5) is 0 Å². The predicted octanol–water partition coefficient (Wildman–Crippen LogP) is 3.20. The highest BCUT2D eigenvalue weighted by molar-refractivity contribution is 5.85. The molecule has 3 rings (SSSR count). The van der Waals surface area contributed by atoms with Crippen molar-refractivity contribution in [1.82, 2.24) is 15.5 Å². The summed E-state index contributed by atoms with van der Waals surface area (Å²) in [6.07, 6.45) is 3.26. The smallest absolute Gasteiger partial charge is 0.223 e. The fraction of sp³-hybridized carbons (Fsp3) is 0.667. The summed E-state index contributed by atoms with van der Waals surface area (Å²) in [5.41, 5.74) is 2.56. The van der Waals surface area contributed by atoms with Gasteiger partial charge in [0.2, 0.25) is 5.91 Å². The Labute approximate surface area is 164 Å². The summed E-state index contributed by atoms with van der Waals surface area (Å²) >= 11 is 0. The number of hydrogen-bond donors (Lipinski definition) is 2. The van der Waals surface area contributed by atoms with E-state index in [2.05, 4.69) is 53.6 Å². The summed E-state index contributed by atoms with van der Waals surface area (Å²) in [7, 11) is 0. The first-order chi connectivity index (χ1) is 12.1. The molecular formula is C21H34ClN3O. The highest BCUT2D eigenvalue weighted by Gasteiger charge is 2.22. The molecule has 0 bridgehead atoms. The lowest BCUT2D eigenvalue weighted by Crippen LogP contribution is -2.38. The zero-order valence-corrected chi connectivity index (χ0v) is 17.0. The van der Waals surface area contributed by atoms with E-state index in [1.165, 1.54) is 30.6 Å². The number of benzene rings is 1. The molecule has 1 amide bonds. The molecule has 146 valence electrons. The molecule has 2 fully saturated rings. The Morgan fingerprint density at radius 2 is 1.65 bits per heavy atom. The van der Waals surface area contributed by atoms with Crippen LogP contribution < -0.4 is 10.6 Å². The predicted molar refractivity (Wildman–Crippen MR) is 109 cm³/mol. The molecule has 0 spiro atoms. The van der Waals surface area contributed by atoms with Crippen molar-refractivity contribution in [3.63, 3.8) is 0 Å². The van der Waals surface area contributed by atoms with Gasteiger partial charge in [-0.25, -0.2) is 0 Å². The fourth-order valence-corrected chi connectivity index (χ4v) is 4.36. The first-order valence-corrected chi connectivity index (χ1v) is 9.88. The van der Waals surface area contributed by atoms with Crippen LogP contribution in [-0.2, 0) is 17.9 Å². The van der Waals surface area contributed by atoms with Crippen LogP contribution in [0.5, 0.6) is 0 Å². The van der Waals surface area contributed by atoms with E-state index in [-0.39, 0.29) is 24.2 Å². The third-order valence-corrected chi connectivity index (χ3v) is 5.55. The van der Waals surface area contributed by atoms with Crippen LogP contribution in [0.1, 0.15) is 44.2 Å². The van der Waals surface area contributed by atoms with E-state index in [1.807, 2.05) is 0 Å². The molecule has 5 heteroatoms. The summed E-state index contributed by atoms with van der Waals surface area (Å²) in [5.74, 6) is 1.99. The van der Waals surface area contributed by atoms with Crippen molar-refractivity contribution in [3.05, 3.63) is 35.4 Å². The second-order valence-corrected chi connectivity index (χ2v) is 8.20. The van der Waals surface area contributed by atoms with Crippen LogP contribution in [-0.4, -0.2) is 37.0 Å². The number of likely N-dealkylation sites (tertiary alicyclic amines) is 1. The van der Waals surface area contributed by atoms with Crippen LogP contribution in [0.3, 0.4) is 0 Å². The van der Waals surface area contributed by atoms with Gasteiger partial charge in [-0.3, -0.25) is 9.69 Å². The molecule has 1 aromatic rings. The van der Waals surface area contributed by atoms with Crippen molar-refractivity contribution >= 4 is 18.3 Å². The van der Waals surface area contributed by atoms with Crippen LogP contribution in [0.2, 0.25) is 0 Å². The minimum absolute atomic E-state index is 0. The van der Waals surface area contributed by atoms with Crippen molar-refractivity contribution in [3.8, 4) is 0 Å². The standard InChI is InChI=1S/C21H33N3O.ClH/c1-16-11-17(2)14-24(13-16)15-19-5-3-18(4-6-19)12-23-21(25)20-7-9-22-10-8-20;/h3-6,16-17,20,22H,7-15H2,1-2H3,(H,23,25);1H. The van der Waals surface area contributed by atoms with Gasteiger partial charge in [0, 0.05) is 32.1 Å². The zero-order valence-electron chi connectivity index (χ0n) is 16.2. The maximum absolute atomic E-state index is 12.2. The summed E-state index contributed by atoms with van der Waals surface area (Å²) in [6.45, 7) is 10.7. The largest absolute Gasteiger partial charge is 0.352 e. The molecule has 2 unspecified atom stereocenters. The fourth-order valence-electron chi connectivity index (χ4n) is 4.36. The second-order valence-electron chi connectivity index (χ2n) is 8.20. The Kier molecular flexibility index (Phi) is 8.39. The second kappa shape index (κ2) is 10.3. The number of rotatable bonds is 5. The Morgan fingerprint density at radius 1 is 1.08 bits per heavy atom. The summed E-state index contributed by atoms with van der Waals surface area (Å²) < 4.78 is 0. The monoisotopic (exact) mass is 379 g/mol. The highest BCUT2D eigenvalue weighted by atomic mass is 35.5. The first-order valence-electron chi connectivity index (χ1n) is 9.88. The topological polar surface area (TPSA) is 44.4 Å². The molecule has 2 aliphatic rings. The van der Waals surface area contributed by atoms with E-state index < -0.39 is 0 Å². The lowest BCUT2D eigenvalue weighted by Gasteiger charge is -2.35. The third-order valence-electron chi connectivity index (χ3n) is 5.55. The molecule has 0 saturated carbocycles. The van der Waals surface area contributed by atoms with Crippen molar-refractivity contribution in [2.24, 2.45) is 17.8 Å². The number of nitrogens with one attached hydrogen (secondary N) is 2. The van der Waals surface area contributed by atoms with E-state index in [1.54, 1.807) is 0 Å². The van der Waals surface area contributed by atoms with Gasteiger partial charge >= 0.3 is 0 Å². The van der Waals surface area contributed by atoms with Crippen LogP contribution in [0, 0.1) is 17.8 Å². The molecule has 0 aromatic heterocycles. The van der Waals surface area contributed by atoms with E-state index in [9.17, 15) is 4.79 Å². The van der Waals surface area contributed by atoms with E-state index in [0.29, 0.717) is 6.54 Å². The molecule has 0 radical (unpaired) electrons. The molecule has 2 heterocycles. The Morgan fingerprint density at radius 3 is 2.27 bits per heavy atom. The Hall–Kier alpha value is -1.10. The Bertz CT molecular complexity index is 547. The van der Waals surface area contributed by atoms with Gasteiger partial charge in [0.1, 0.15) is 0 Å². The number of nitrogens with zero attached hydrogens (tertiary/aromatic N) is 1. The van der Waals surface area contributed by atoms with Crippen LogP contribution in [0.15, 0.2) is 24.3 Å². The first kappa shape index (κ1) is 21.2. The van der Waals surface area contributed by atoms with Gasteiger partial charge in [0.05, 0.1) is 0 Å². The third kappa shape index (κ3) is 6.26. The number of halogens is 1. The molecule has 1 aromatic carbocycles. The number of piperidine rings is 2. The minimum Gasteiger partial charge on any atom is -0.352 e. The number of amides is 1. The van der Waals surface area contributed by atoms with E-state index >= 15 is 0 Å². The summed E-state index contributed by atoms with van der Waals surface area (Å²) in [4.78, 5) is 14.8. The average molecular weight is 380 g/mol. The van der Waals surface area contributed by atoms with Gasteiger partial charge < -0.3 is 10.6 Å². The number of hydrogen-bond acceptors (Lipinski definition) is 3. The maximum Gasteiger partial charge on any atom is 0.223 e. The molecular weight excluding hydrogens is 346 g/mol. The van der Waals surface area contributed by atoms with Gasteiger partial charge in [-0.05, 0) is 55.3 Å². The molecule has 2 aliphatic heterocycles. The number of carbonyl (C=O) groups is 1. The molecule has 0 aliphatic carbocycles. The lowest BCUT2D eigenvalue weighted by atomic mass is 9.91. The molecule has 2 N–H and O–H groups in total. The van der Waals surface area contributed by atoms with Crippen LogP contribution in [0.25, 0.3) is 0 Å². The van der Waals surface area contributed by atoms with Crippen LogP contribution >= 0.6 is 12.4 Å². The summed E-state index contributed by atoms with van der Waals surface area (Å²) in [5, 5.41) is 6.41. The molecule has 26 heavy (non-hydrogen) atoms.